The fourth-order valence-electron chi connectivity index (χ4n) is 7.65. The van der Waals surface area contributed by atoms with E-state index in [0.717, 1.165) is 18.4 Å². The van der Waals surface area contributed by atoms with Gasteiger partial charge in [0.15, 0.2) is 0 Å². The van der Waals surface area contributed by atoms with E-state index in [9.17, 15) is 24.3 Å². The molecule has 2 N–H and O–H groups in total. The molecule has 10 nitrogen and oxygen atoms in total. The average Bonchev–Trinajstić information content (AvgIpc) is 3.76. The number of carbonyl (C=O) groups is 4. The number of hydrogen-bond acceptors (Lipinski definition) is 7. The van der Waals surface area contributed by atoms with Crippen LogP contribution in [-0.2, 0) is 28.7 Å². The molecular formula is C38H47N3O7. The van der Waals surface area contributed by atoms with Crippen molar-refractivity contribution in [1.29, 1.82) is 0 Å². The molecule has 48 heavy (non-hydrogen) atoms. The van der Waals surface area contributed by atoms with Crippen LogP contribution in [0.25, 0.3) is 0 Å². The highest BCUT2D eigenvalue weighted by Crippen LogP contribution is 2.60. The number of carbonyl (C=O) groups excluding carboxylic acids is 4. The van der Waals surface area contributed by atoms with E-state index in [-0.39, 0.29) is 24.8 Å². The Morgan fingerprint density at radius 3 is 2.42 bits per heavy atom. The Hall–Kier alpha value is -4.28. The molecule has 10 heteroatoms. The third-order valence-electron chi connectivity index (χ3n) is 9.89. The largest absolute Gasteiger partial charge is 0.463 e. The lowest BCUT2D eigenvalue weighted by Crippen LogP contribution is -2.57. The minimum absolute atomic E-state index is 0.0878. The molecule has 3 fully saturated rings. The quantitative estimate of drug-likeness (QED) is 0.192. The smallest absolute Gasteiger partial charge is 0.306 e. The molecule has 3 heterocycles. The van der Waals surface area contributed by atoms with E-state index >= 15 is 0 Å². The van der Waals surface area contributed by atoms with Crippen molar-refractivity contribution in [2.45, 2.75) is 75.3 Å². The minimum atomic E-state index is -1.24. The van der Waals surface area contributed by atoms with E-state index in [1.54, 1.807) is 17.1 Å². The standard InChI is InChI=1S/C38H47N3O7/c1-4-7-19-31(43)47-25-28(26-15-11-9-12-16-26)39-35(44)32-30-20-21-38(48-30)33(32)36(45)41(29(24-42)27-17-13-10-14-18-27)34(38)37(46)40(22-6-3)23-8-5-2/h4,6,9-18,28-30,32-34,42H,1,3,5,7-8,19-25H2,2H3,(H,39,44)/t28-,29+,30-,32+,33+,34-,38+/m0/s1. The topological polar surface area (TPSA) is 125 Å². The first-order valence-corrected chi connectivity index (χ1v) is 17.0. The van der Waals surface area contributed by atoms with Gasteiger partial charge in [0.05, 0.1) is 36.6 Å². The zero-order chi connectivity index (χ0) is 34.3. The molecule has 7 atom stereocenters. The number of ether oxygens (including phenoxy) is 2. The van der Waals surface area contributed by atoms with Gasteiger partial charge in [-0.25, -0.2) is 0 Å². The zero-order valence-corrected chi connectivity index (χ0v) is 27.7. The van der Waals surface area contributed by atoms with Crippen molar-refractivity contribution in [3.63, 3.8) is 0 Å². The van der Waals surface area contributed by atoms with Crippen molar-refractivity contribution in [2.24, 2.45) is 11.8 Å². The first-order valence-electron chi connectivity index (χ1n) is 17.0. The van der Waals surface area contributed by atoms with Gasteiger partial charge in [0.2, 0.25) is 17.7 Å². The van der Waals surface area contributed by atoms with Gasteiger partial charge in [-0.2, -0.15) is 0 Å². The highest BCUT2D eigenvalue weighted by Gasteiger charge is 2.75. The molecule has 1 spiro atoms. The number of benzene rings is 2. The summed E-state index contributed by atoms with van der Waals surface area (Å²) in [5.74, 6) is -3.29. The van der Waals surface area contributed by atoms with Gasteiger partial charge >= 0.3 is 5.97 Å². The Kier molecular flexibility index (Phi) is 11.5. The van der Waals surface area contributed by atoms with E-state index in [1.807, 2.05) is 67.6 Å². The molecule has 2 aromatic carbocycles. The maximum atomic E-state index is 14.7. The Labute approximate surface area is 282 Å². The number of allylic oxidation sites excluding steroid dienone is 1. The van der Waals surface area contributed by atoms with Crippen LogP contribution >= 0.6 is 0 Å². The molecule has 3 amide bonds. The van der Waals surface area contributed by atoms with Crippen molar-refractivity contribution in [1.82, 2.24) is 15.1 Å². The number of amides is 3. The number of hydrogen-bond donors (Lipinski definition) is 2. The molecule has 0 saturated carbocycles. The molecular weight excluding hydrogens is 610 g/mol. The van der Waals surface area contributed by atoms with Gasteiger partial charge in [-0.1, -0.05) is 86.2 Å². The van der Waals surface area contributed by atoms with Gasteiger partial charge in [-0.05, 0) is 36.8 Å². The molecule has 0 aliphatic carbocycles. The highest BCUT2D eigenvalue weighted by atomic mass is 16.5. The summed E-state index contributed by atoms with van der Waals surface area (Å²) in [6, 6.07) is 15.8. The second kappa shape index (κ2) is 15.7. The van der Waals surface area contributed by atoms with Gasteiger partial charge in [0, 0.05) is 19.5 Å². The van der Waals surface area contributed by atoms with E-state index in [2.05, 4.69) is 18.5 Å². The summed E-state index contributed by atoms with van der Waals surface area (Å²) in [5.41, 5.74) is 0.187. The maximum absolute atomic E-state index is 14.7. The number of likely N-dealkylation sites (tertiary alicyclic amines) is 1. The Morgan fingerprint density at radius 1 is 1.10 bits per heavy atom. The third kappa shape index (κ3) is 6.82. The second-order valence-electron chi connectivity index (χ2n) is 12.8. The number of unbranched alkanes of at least 4 members (excludes halogenated alkanes) is 1. The molecule has 3 aliphatic rings. The number of aliphatic hydroxyl groups excluding tert-OH is 1. The lowest BCUT2D eigenvalue weighted by molar-refractivity contribution is -0.151. The SMILES string of the molecule is C=CCCC(=O)OC[C@H](NC(=O)[C@@H]1[C@@H]2CC[C@]3(O2)[C@H](C(=O)N(CC=C)CCCC)N([C@H](CO)c2ccccc2)C(=O)[C@@H]13)c1ccccc1. The molecule has 2 bridgehead atoms. The van der Waals surface area contributed by atoms with Crippen molar-refractivity contribution in [2.75, 3.05) is 26.3 Å². The average molecular weight is 658 g/mol. The fourth-order valence-corrected chi connectivity index (χ4v) is 7.65. The normalized spacial score (nSPS) is 25.2. The highest BCUT2D eigenvalue weighted by molar-refractivity contribution is 5.99. The minimum Gasteiger partial charge on any atom is -0.463 e. The molecule has 2 aromatic rings. The van der Waals surface area contributed by atoms with Crippen molar-refractivity contribution in [3.05, 3.63) is 97.1 Å². The number of rotatable bonds is 17. The van der Waals surface area contributed by atoms with Crippen LogP contribution in [0, 0.1) is 11.8 Å². The lowest BCUT2D eigenvalue weighted by atomic mass is 9.70. The lowest BCUT2D eigenvalue weighted by Gasteiger charge is -2.39. The van der Waals surface area contributed by atoms with E-state index in [4.69, 9.17) is 9.47 Å². The van der Waals surface area contributed by atoms with Crippen LogP contribution in [0.4, 0.5) is 0 Å². The first-order chi connectivity index (χ1) is 23.3. The van der Waals surface area contributed by atoms with Crippen molar-refractivity contribution >= 4 is 23.7 Å². The molecule has 256 valence electrons. The van der Waals surface area contributed by atoms with Gasteiger partial charge < -0.3 is 29.7 Å². The fraction of sp³-hybridized carbons (Fsp3) is 0.474. The Morgan fingerprint density at radius 2 is 1.79 bits per heavy atom. The van der Waals surface area contributed by atoms with Crippen LogP contribution in [0.3, 0.4) is 0 Å². The van der Waals surface area contributed by atoms with Crippen LogP contribution in [0.15, 0.2) is 86.0 Å². The zero-order valence-electron chi connectivity index (χ0n) is 27.7. The molecule has 0 unspecified atom stereocenters. The number of aliphatic hydroxyl groups is 1. The van der Waals surface area contributed by atoms with E-state index < -0.39 is 60.1 Å². The molecule has 5 rings (SSSR count). The van der Waals surface area contributed by atoms with Crippen molar-refractivity contribution in [3.8, 4) is 0 Å². The Balaban J connectivity index is 1.49. The Bertz CT molecular complexity index is 1470. The summed E-state index contributed by atoms with van der Waals surface area (Å²) in [6.45, 7) is 9.83. The summed E-state index contributed by atoms with van der Waals surface area (Å²) < 4.78 is 12.2. The number of fused-ring (bicyclic) bond motifs is 1. The van der Waals surface area contributed by atoms with E-state index in [0.29, 0.717) is 37.9 Å². The van der Waals surface area contributed by atoms with Crippen molar-refractivity contribution < 1.29 is 33.8 Å². The summed E-state index contributed by atoms with van der Waals surface area (Å²) in [6.07, 6.45) is 5.96. The van der Waals surface area contributed by atoms with Crippen LogP contribution in [-0.4, -0.2) is 82.6 Å². The van der Waals surface area contributed by atoms with Crippen LogP contribution in [0.1, 0.15) is 68.7 Å². The van der Waals surface area contributed by atoms with E-state index in [1.165, 1.54) is 4.90 Å². The summed E-state index contributed by atoms with van der Waals surface area (Å²) in [7, 11) is 0. The van der Waals surface area contributed by atoms with Crippen LogP contribution in [0.5, 0.6) is 0 Å². The predicted octanol–water partition coefficient (Wildman–Crippen LogP) is 4.28. The van der Waals surface area contributed by atoms with Gasteiger partial charge in [-0.3, -0.25) is 19.2 Å². The number of nitrogens with zero attached hydrogens (tertiary/aromatic N) is 2. The number of nitrogens with one attached hydrogen (secondary N) is 1. The third-order valence-corrected chi connectivity index (χ3v) is 9.89. The van der Waals surface area contributed by atoms with Gasteiger partial charge in [0.25, 0.3) is 0 Å². The molecule has 3 aliphatic heterocycles. The van der Waals surface area contributed by atoms with Gasteiger partial charge in [0.1, 0.15) is 18.2 Å². The van der Waals surface area contributed by atoms with Crippen LogP contribution in [0.2, 0.25) is 0 Å². The second-order valence-corrected chi connectivity index (χ2v) is 12.8. The summed E-state index contributed by atoms with van der Waals surface area (Å²) in [5, 5.41) is 13.8. The first kappa shape index (κ1) is 35.0. The maximum Gasteiger partial charge on any atom is 0.306 e. The van der Waals surface area contributed by atoms with Crippen LogP contribution < -0.4 is 5.32 Å². The molecule has 0 aromatic heterocycles. The monoisotopic (exact) mass is 657 g/mol. The summed E-state index contributed by atoms with van der Waals surface area (Å²) >= 11 is 0. The summed E-state index contributed by atoms with van der Waals surface area (Å²) in [4.78, 5) is 59.2. The molecule has 0 radical (unpaired) electrons. The predicted molar refractivity (Wildman–Crippen MR) is 180 cm³/mol. The van der Waals surface area contributed by atoms with Gasteiger partial charge in [-0.15, -0.1) is 13.2 Å². The number of esters is 1. The molecule has 3 saturated heterocycles.